The molecule has 0 aromatic heterocycles. The number of ether oxygens (including phenoxy) is 1. The molecule has 3 heteroatoms. The lowest BCUT2D eigenvalue weighted by molar-refractivity contribution is -0.151. The van der Waals surface area contributed by atoms with Crippen LogP contribution < -0.4 is 0 Å². The predicted octanol–water partition coefficient (Wildman–Crippen LogP) is 1.84. The van der Waals surface area contributed by atoms with Crippen molar-refractivity contribution in [3.8, 4) is 0 Å². The molecule has 0 radical (unpaired) electrons. The Bertz CT molecular complexity index is 323. The van der Waals surface area contributed by atoms with Crippen LogP contribution in [0.4, 0.5) is 0 Å². The number of hydrogen-bond acceptors (Lipinski definition) is 3. The van der Waals surface area contributed by atoms with Crippen molar-refractivity contribution in [3.63, 3.8) is 0 Å². The van der Waals surface area contributed by atoms with Crippen LogP contribution in [0.15, 0.2) is 0 Å². The Morgan fingerprint density at radius 2 is 1.93 bits per heavy atom. The molecule has 3 atom stereocenters. The van der Waals surface area contributed by atoms with Crippen LogP contribution in [-0.2, 0) is 14.3 Å². The van der Waals surface area contributed by atoms with Crippen molar-refractivity contribution in [1.29, 1.82) is 0 Å². The number of rotatable bonds is 0. The summed E-state index contributed by atoms with van der Waals surface area (Å²) in [7, 11) is 0. The van der Waals surface area contributed by atoms with Gasteiger partial charge in [0.2, 0.25) is 0 Å². The molecule has 1 aliphatic heterocycles. The topological polar surface area (TPSA) is 43.4 Å². The minimum atomic E-state index is -0.406. The average molecular weight is 208 g/mol. The van der Waals surface area contributed by atoms with E-state index in [1.807, 2.05) is 0 Å². The molecule has 0 unspecified atom stereocenters. The zero-order chi connectivity index (χ0) is 10.5. The van der Waals surface area contributed by atoms with Crippen molar-refractivity contribution in [2.75, 3.05) is 0 Å². The molecule has 2 bridgehead atoms. The average Bonchev–Trinajstić information content (AvgIpc) is 2.39. The summed E-state index contributed by atoms with van der Waals surface area (Å²) in [4.78, 5) is 23.9. The van der Waals surface area contributed by atoms with Gasteiger partial charge in [0.05, 0.1) is 11.3 Å². The van der Waals surface area contributed by atoms with Gasteiger partial charge in [-0.1, -0.05) is 6.42 Å². The molecular weight excluding hydrogens is 192 g/mol. The molecule has 2 saturated carbocycles. The van der Waals surface area contributed by atoms with E-state index >= 15 is 0 Å². The van der Waals surface area contributed by atoms with E-state index in [4.69, 9.17) is 4.74 Å². The molecule has 0 amide bonds. The second kappa shape index (κ2) is 3.06. The van der Waals surface area contributed by atoms with Crippen LogP contribution in [0.5, 0.6) is 0 Å². The van der Waals surface area contributed by atoms with E-state index in [9.17, 15) is 9.59 Å². The Labute approximate surface area is 89.2 Å². The molecule has 0 N–H and O–H groups in total. The van der Waals surface area contributed by atoms with E-state index in [2.05, 4.69) is 0 Å². The van der Waals surface area contributed by atoms with E-state index in [1.54, 1.807) is 0 Å². The number of Topliss-reactive ketones (excluding diaryl/α,β-unsaturated/α-hetero) is 1. The molecule has 0 aromatic carbocycles. The fraction of sp³-hybridized carbons (Fsp3) is 0.833. The van der Waals surface area contributed by atoms with Gasteiger partial charge in [0.25, 0.3) is 0 Å². The Balaban J connectivity index is 2.05. The zero-order valence-electron chi connectivity index (χ0n) is 8.83. The largest absolute Gasteiger partial charge is 0.461 e. The van der Waals surface area contributed by atoms with Gasteiger partial charge in [0.1, 0.15) is 11.9 Å². The Kier molecular flexibility index (Phi) is 1.91. The fourth-order valence-electron chi connectivity index (χ4n) is 3.71. The van der Waals surface area contributed by atoms with E-state index in [0.29, 0.717) is 6.42 Å². The van der Waals surface area contributed by atoms with E-state index < -0.39 is 5.41 Å². The van der Waals surface area contributed by atoms with Gasteiger partial charge in [-0.2, -0.15) is 0 Å². The molecule has 3 fully saturated rings. The molecular formula is C12H16O3. The Morgan fingerprint density at radius 1 is 1.13 bits per heavy atom. The lowest BCUT2D eigenvalue weighted by Crippen LogP contribution is -2.42. The third-order valence-electron chi connectivity index (χ3n) is 4.39. The van der Waals surface area contributed by atoms with Gasteiger partial charge >= 0.3 is 5.97 Å². The van der Waals surface area contributed by atoms with Gasteiger partial charge in [-0.15, -0.1) is 0 Å². The summed E-state index contributed by atoms with van der Waals surface area (Å²) in [5.41, 5.74) is -0.406. The molecule has 1 heterocycles. The quantitative estimate of drug-likeness (QED) is 0.570. The number of carbonyl (C=O) groups is 2. The van der Waals surface area contributed by atoms with Crippen molar-refractivity contribution < 1.29 is 14.3 Å². The van der Waals surface area contributed by atoms with E-state index in [0.717, 1.165) is 38.5 Å². The number of ketones is 1. The normalized spacial score (nSPS) is 44.5. The Hall–Kier alpha value is -0.860. The standard InChI is InChI=1S/C12H16O3/c13-8-4-3-7-12-6-2-1-5-9(10(8)12)15-11(12)14/h9-10H,1-7H2/t9-,10-,12-/m0/s1. The maximum atomic E-state index is 12.0. The highest BCUT2D eigenvalue weighted by molar-refractivity contribution is 5.93. The molecule has 0 aromatic rings. The van der Waals surface area contributed by atoms with Gasteiger partial charge in [0, 0.05) is 6.42 Å². The molecule has 3 aliphatic rings. The molecule has 3 nitrogen and oxygen atoms in total. The summed E-state index contributed by atoms with van der Waals surface area (Å²) in [5, 5.41) is 0. The first-order valence-electron chi connectivity index (χ1n) is 5.98. The molecule has 1 saturated heterocycles. The third-order valence-corrected chi connectivity index (χ3v) is 4.39. The molecule has 82 valence electrons. The SMILES string of the molecule is O=C1CCC[C@]23CCCC[C@H](OC2=O)[C@H]13. The highest BCUT2D eigenvalue weighted by Crippen LogP contribution is 2.53. The fourth-order valence-corrected chi connectivity index (χ4v) is 3.71. The van der Waals surface area contributed by atoms with Crippen molar-refractivity contribution in [2.24, 2.45) is 11.3 Å². The van der Waals surface area contributed by atoms with Gasteiger partial charge < -0.3 is 4.74 Å². The van der Waals surface area contributed by atoms with Crippen LogP contribution in [0.1, 0.15) is 44.9 Å². The predicted molar refractivity (Wildman–Crippen MR) is 53.1 cm³/mol. The zero-order valence-corrected chi connectivity index (χ0v) is 8.83. The number of carbonyl (C=O) groups excluding carboxylic acids is 2. The van der Waals surface area contributed by atoms with Crippen LogP contribution >= 0.6 is 0 Å². The van der Waals surface area contributed by atoms with Gasteiger partial charge in [0.15, 0.2) is 0 Å². The first kappa shape index (κ1) is 9.37. The smallest absolute Gasteiger partial charge is 0.313 e. The third kappa shape index (κ3) is 1.12. The summed E-state index contributed by atoms with van der Waals surface area (Å²) < 4.78 is 5.41. The monoisotopic (exact) mass is 208 g/mol. The van der Waals surface area contributed by atoms with E-state index in [1.165, 1.54) is 0 Å². The van der Waals surface area contributed by atoms with Crippen molar-refractivity contribution in [2.45, 2.75) is 51.0 Å². The first-order chi connectivity index (χ1) is 7.24. The van der Waals surface area contributed by atoms with Gasteiger partial charge in [-0.25, -0.2) is 0 Å². The highest BCUT2D eigenvalue weighted by atomic mass is 16.6. The summed E-state index contributed by atoms with van der Waals surface area (Å²) in [6.07, 6.45) is 6.25. The number of hydrogen-bond donors (Lipinski definition) is 0. The highest BCUT2D eigenvalue weighted by Gasteiger charge is 2.61. The summed E-state index contributed by atoms with van der Waals surface area (Å²) >= 11 is 0. The van der Waals surface area contributed by atoms with Crippen LogP contribution in [0.25, 0.3) is 0 Å². The van der Waals surface area contributed by atoms with Crippen LogP contribution in [0.2, 0.25) is 0 Å². The van der Waals surface area contributed by atoms with Crippen LogP contribution in [0.3, 0.4) is 0 Å². The lowest BCUT2D eigenvalue weighted by Gasteiger charge is -2.33. The van der Waals surface area contributed by atoms with E-state index in [-0.39, 0.29) is 23.8 Å². The minimum absolute atomic E-state index is 0.0785. The van der Waals surface area contributed by atoms with Crippen molar-refractivity contribution in [1.82, 2.24) is 0 Å². The lowest BCUT2D eigenvalue weighted by atomic mass is 9.64. The van der Waals surface area contributed by atoms with Crippen molar-refractivity contribution in [3.05, 3.63) is 0 Å². The summed E-state index contributed by atoms with van der Waals surface area (Å²) in [5.74, 6) is 0.102. The number of esters is 1. The van der Waals surface area contributed by atoms with Crippen molar-refractivity contribution >= 4 is 11.8 Å². The first-order valence-corrected chi connectivity index (χ1v) is 5.98. The minimum Gasteiger partial charge on any atom is -0.461 e. The summed E-state index contributed by atoms with van der Waals surface area (Å²) in [6, 6.07) is 0. The molecule has 0 spiro atoms. The maximum absolute atomic E-state index is 12.0. The van der Waals surface area contributed by atoms with Gasteiger partial charge in [-0.3, -0.25) is 9.59 Å². The van der Waals surface area contributed by atoms with Crippen LogP contribution in [0, 0.1) is 11.3 Å². The second-order valence-electron chi connectivity index (χ2n) is 5.14. The molecule has 2 aliphatic carbocycles. The van der Waals surface area contributed by atoms with Crippen LogP contribution in [-0.4, -0.2) is 17.9 Å². The summed E-state index contributed by atoms with van der Waals surface area (Å²) in [6.45, 7) is 0. The maximum Gasteiger partial charge on any atom is 0.313 e. The second-order valence-corrected chi connectivity index (χ2v) is 5.14. The molecule has 3 rings (SSSR count). The Morgan fingerprint density at radius 3 is 2.80 bits per heavy atom. The molecule has 15 heavy (non-hydrogen) atoms. The van der Waals surface area contributed by atoms with Gasteiger partial charge in [-0.05, 0) is 32.1 Å².